The molecular formula is C23H35N3O4. The van der Waals surface area contributed by atoms with E-state index in [0.29, 0.717) is 5.56 Å². The largest absolute Gasteiger partial charge is 0.444 e. The molecule has 2 unspecified atom stereocenters. The molecule has 0 saturated carbocycles. The summed E-state index contributed by atoms with van der Waals surface area (Å²) < 4.78 is 5.61. The van der Waals surface area contributed by atoms with Crippen molar-refractivity contribution in [1.82, 2.24) is 4.90 Å². The van der Waals surface area contributed by atoms with Gasteiger partial charge in [0.25, 0.3) is 0 Å². The predicted molar refractivity (Wildman–Crippen MR) is 119 cm³/mol. The predicted octanol–water partition coefficient (Wildman–Crippen LogP) is 5.21. The van der Waals surface area contributed by atoms with E-state index < -0.39 is 11.5 Å². The Hall–Kier alpha value is -2.44. The van der Waals surface area contributed by atoms with E-state index in [-0.39, 0.29) is 24.2 Å². The Morgan fingerprint density at radius 3 is 2.20 bits per heavy atom. The molecule has 2 atom stereocenters. The van der Waals surface area contributed by atoms with Gasteiger partial charge >= 0.3 is 12.0 Å². The van der Waals surface area contributed by atoms with E-state index in [2.05, 4.69) is 36.9 Å². The molecule has 1 aromatic rings. The number of nitroso groups, excluding NO2 is 1. The highest BCUT2D eigenvalue weighted by Crippen LogP contribution is 2.34. The van der Waals surface area contributed by atoms with Gasteiger partial charge in [-0.25, -0.2) is 4.79 Å². The fourth-order valence-corrected chi connectivity index (χ4v) is 4.51. The van der Waals surface area contributed by atoms with Crippen molar-refractivity contribution >= 4 is 17.7 Å². The quantitative estimate of drug-likeness (QED) is 0.628. The van der Waals surface area contributed by atoms with Gasteiger partial charge in [-0.2, -0.15) is 0 Å². The minimum absolute atomic E-state index is 0.0190. The highest BCUT2D eigenvalue weighted by atomic mass is 16.6. The van der Waals surface area contributed by atoms with E-state index in [1.165, 1.54) is 0 Å². The third kappa shape index (κ3) is 5.18. The summed E-state index contributed by atoms with van der Waals surface area (Å²) in [6.07, 6.45) is 1.31. The first-order valence-corrected chi connectivity index (χ1v) is 10.7. The van der Waals surface area contributed by atoms with Crippen molar-refractivity contribution in [2.24, 2.45) is 5.18 Å². The first-order chi connectivity index (χ1) is 13.9. The lowest BCUT2D eigenvalue weighted by molar-refractivity contribution is -0.00251. The Balaban J connectivity index is 2.32. The molecular weight excluding hydrogens is 382 g/mol. The van der Waals surface area contributed by atoms with Gasteiger partial charge in [-0.3, -0.25) is 4.79 Å². The Kier molecular flexibility index (Phi) is 7.27. The number of carbonyl (C=O) groups is 2. The van der Waals surface area contributed by atoms with E-state index in [1.54, 1.807) is 6.07 Å². The third-order valence-corrected chi connectivity index (χ3v) is 5.71. The van der Waals surface area contributed by atoms with Crippen LogP contribution in [-0.4, -0.2) is 47.2 Å². The summed E-state index contributed by atoms with van der Waals surface area (Å²) in [6, 6.07) is 4.00. The summed E-state index contributed by atoms with van der Waals surface area (Å²) in [5.74, 6) is -0.741. The van der Waals surface area contributed by atoms with Crippen molar-refractivity contribution in [2.45, 2.75) is 92.0 Å². The molecule has 1 heterocycles. The summed E-state index contributed by atoms with van der Waals surface area (Å²) in [5.41, 5.74) is 2.44. The molecule has 0 aliphatic carbocycles. The molecule has 166 valence electrons. The number of nitrogens with zero attached hydrogens (tertiary/aromatic N) is 3. The number of hydrogen-bond acceptors (Lipinski definition) is 5. The molecule has 1 aliphatic rings. The maximum atomic E-state index is 12.7. The molecule has 1 saturated heterocycles. The van der Waals surface area contributed by atoms with Crippen LogP contribution in [0.3, 0.4) is 0 Å². The van der Waals surface area contributed by atoms with Gasteiger partial charge in [0, 0.05) is 35.5 Å². The number of rotatable bonds is 4. The first kappa shape index (κ1) is 23.8. The zero-order valence-electron chi connectivity index (χ0n) is 19.5. The minimum Gasteiger partial charge on any atom is -0.444 e. The molecule has 30 heavy (non-hydrogen) atoms. The zero-order chi connectivity index (χ0) is 22.8. The van der Waals surface area contributed by atoms with Gasteiger partial charge in [0.2, 0.25) is 0 Å². The SMILES string of the molecule is CCN(c1cc(C)cc(C(=O)N=O)c1C)C1CC(C)N(C(=O)OC(C)(C)C)C(C)C1. The first-order valence-electron chi connectivity index (χ1n) is 10.7. The second-order valence-electron chi connectivity index (χ2n) is 9.35. The number of benzene rings is 1. The molecule has 1 fully saturated rings. The molecule has 2 amide bonds. The van der Waals surface area contributed by atoms with Crippen LogP contribution in [0.4, 0.5) is 10.5 Å². The molecule has 0 spiro atoms. The average molecular weight is 418 g/mol. The lowest BCUT2D eigenvalue weighted by Gasteiger charge is -2.47. The standard InChI is InChI=1S/C23H35N3O4/c1-9-25(20-11-14(2)10-19(17(20)5)21(27)24-29)18-12-15(3)26(16(4)13-18)22(28)30-23(6,7)8/h10-11,15-16,18H,9,12-13H2,1-8H3. The number of aryl methyl sites for hydroxylation is 1. The summed E-state index contributed by atoms with van der Waals surface area (Å²) in [6.45, 7) is 16.3. The van der Waals surface area contributed by atoms with Crippen molar-refractivity contribution in [2.75, 3.05) is 11.4 Å². The van der Waals surface area contributed by atoms with Gasteiger partial charge < -0.3 is 14.5 Å². The number of amides is 2. The molecule has 7 heteroatoms. The molecule has 0 bridgehead atoms. The maximum absolute atomic E-state index is 12.7. The number of carbonyl (C=O) groups excluding carboxylic acids is 2. The van der Waals surface area contributed by atoms with Crippen LogP contribution in [0.25, 0.3) is 0 Å². The Bertz CT molecular complexity index is 803. The number of ether oxygens (including phenoxy) is 1. The number of likely N-dealkylation sites (tertiary alicyclic amines) is 1. The topological polar surface area (TPSA) is 79.3 Å². The van der Waals surface area contributed by atoms with Gasteiger partial charge in [-0.1, -0.05) is 0 Å². The normalized spacial score (nSPS) is 21.9. The molecule has 2 rings (SSSR count). The third-order valence-electron chi connectivity index (χ3n) is 5.71. The maximum Gasteiger partial charge on any atom is 0.410 e. The van der Waals surface area contributed by atoms with Crippen molar-refractivity contribution in [3.63, 3.8) is 0 Å². The van der Waals surface area contributed by atoms with E-state index in [4.69, 9.17) is 4.74 Å². The Morgan fingerprint density at radius 1 is 1.17 bits per heavy atom. The van der Waals surface area contributed by atoms with Crippen molar-refractivity contribution in [1.29, 1.82) is 0 Å². The fourth-order valence-electron chi connectivity index (χ4n) is 4.51. The number of anilines is 1. The average Bonchev–Trinajstić information content (AvgIpc) is 2.62. The van der Waals surface area contributed by atoms with Crippen LogP contribution in [0.15, 0.2) is 17.3 Å². The molecule has 1 aliphatic heterocycles. The van der Waals surface area contributed by atoms with E-state index in [0.717, 1.165) is 36.2 Å². The molecule has 1 aromatic carbocycles. The zero-order valence-corrected chi connectivity index (χ0v) is 19.5. The van der Waals surface area contributed by atoms with Gasteiger partial charge in [0.1, 0.15) is 5.60 Å². The van der Waals surface area contributed by atoms with Crippen LogP contribution in [0.2, 0.25) is 0 Å². The van der Waals surface area contributed by atoms with Gasteiger partial charge in [0.05, 0.1) is 5.56 Å². The van der Waals surface area contributed by atoms with Crippen molar-refractivity contribution in [3.05, 3.63) is 33.7 Å². The summed E-state index contributed by atoms with van der Waals surface area (Å²) in [7, 11) is 0. The lowest BCUT2D eigenvalue weighted by Crippen LogP contribution is -2.56. The second kappa shape index (κ2) is 9.14. The van der Waals surface area contributed by atoms with Crippen LogP contribution in [0.1, 0.15) is 75.9 Å². The minimum atomic E-state index is -0.741. The van der Waals surface area contributed by atoms with E-state index >= 15 is 0 Å². The Labute approximate surface area is 179 Å². The fraction of sp³-hybridized carbons (Fsp3) is 0.652. The van der Waals surface area contributed by atoms with E-state index in [9.17, 15) is 14.5 Å². The van der Waals surface area contributed by atoms with Crippen LogP contribution >= 0.6 is 0 Å². The molecule has 0 aromatic heterocycles. The van der Waals surface area contributed by atoms with Gasteiger partial charge in [0.15, 0.2) is 0 Å². The van der Waals surface area contributed by atoms with Crippen LogP contribution < -0.4 is 4.90 Å². The summed E-state index contributed by atoms with van der Waals surface area (Å²) >= 11 is 0. The highest BCUT2D eigenvalue weighted by molar-refractivity contribution is 5.98. The lowest BCUT2D eigenvalue weighted by atomic mass is 9.90. The summed E-state index contributed by atoms with van der Waals surface area (Å²) in [4.78, 5) is 39.7. The van der Waals surface area contributed by atoms with Crippen LogP contribution in [-0.2, 0) is 4.74 Å². The molecule has 0 N–H and O–H groups in total. The smallest absolute Gasteiger partial charge is 0.410 e. The molecule has 7 nitrogen and oxygen atoms in total. The highest BCUT2D eigenvalue weighted by Gasteiger charge is 2.38. The summed E-state index contributed by atoms with van der Waals surface area (Å²) in [5, 5.41) is 2.62. The second-order valence-corrected chi connectivity index (χ2v) is 9.35. The van der Waals surface area contributed by atoms with Gasteiger partial charge in [-0.15, -0.1) is 4.91 Å². The van der Waals surface area contributed by atoms with Crippen LogP contribution in [0.5, 0.6) is 0 Å². The Morgan fingerprint density at radius 2 is 1.73 bits per heavy atom. The van der Waals surface area contributed by atoms with Crippen molar-refractivity contribution in [3.8, 4) is 0 Å². The number of hydrogen-bond donors (Lipinski definition) is 0. The van der Waals surface area contributed by atoms with E-state index in [1.807, 2.05) is 39.5 Å². The van der Waals surface area contributed by atoms with Crippen molar-refractivity contribution < 1.29 is 14.3 Å². The number of piperidine rings is 1. The monoisotopic (exact) mass is 417 g/mol. The van der Waals surface area contributed by atoms with Gasteiger partial charge in [-0.05, 0) is 91.5 Å². The van der Waals surface area contributed by atoms with Crippen LogP contribution in [0, 0.1) is 18.8 Å². The molecule has 0 radical (unpaired) electrons.